The molecule has 30 heavy (non-hydrogen) atoms. The molecule has 2 fully saturated rings. The minimum atomic E-state index is -0.248. The molecule has 1 N–H and O–H groups in total. The molecule has 2 aromatic rings. The van der Waals surface area contributed by atoms with Crippen LogP contribution in [0.1, 0.15) is 56.2 Å². The van der Waals surface area contributed by atoms with Gasteiger partial charge in [0, 0.05) is 37.0 Å². The number of carbonyl (C=O) groups is 2. The van der Waals surface area contributed by atoms with Crippen LogP contribution in [0.3, 0.4) is 0 Å². The van der Waals surface area contributed by atoms with Gasteiger partial charge in [0.05, 0.1) is 12.0 Å². The van der Waals surface area contributed by atoms with Gasteiger partial charge in [0.15, 0.2) is 0 Å². The predicted octanol–water partition coefficient (Wildman–Crippen LogP) is 3.63. The Morgan fingerprint density at radius 2 is 2.00 bits per heavy atom. The lowest BCUT2D eigenvalue weighted by molar-refractivity contribution is -0.130. The highest BCUT2D eigenvalue weighted by Crippen LogP contribution is 2.30. The van der Waals surface area contributed by atoms with E-state index >= 15 is 0 Å². The lowest BCUT2D eigenvalue weighted by atomic mass is 10.0. The van der Waals surface area contributed by atoms with E-state index in [1.807, 2.05) is 48.2 Å². The van der Waals surface area contributed by atoms with Crippen LogP contribution in [0.4, 0.5) is 0 Å². The molecule has 1 saturated heterocycles. The number of ether oxygens (including phenoxy) is 1. The summed E-state index contributed by atoms with van der Waals surface area (Å²) >= 11 is 0. The lowest BCUT2D eigenvalue weighted by Gasteiger charge is -2.24. The molecule has 6 heteroatoms. The molecule has 1 aliphatic carbocycles. The molecule has 4 rings (SSSR count). The second-order valence-electron chi connectivity index (χ2n) is 8.33. The topological polar surface area (TPSA) is 71.5 Å². The zero-order chi connectivity index (χ0) is 20.9. The smallest absolute Gasteiger partial charge is 0.225 e. The molecule has 2 atom stereocenters. The zero-order valence-corrected chi connectivity index (χ0v) is 17.4. The van der Waals surface area contributed by atoms with Gasteiger partial charge in [0.1, 0.15) is 12.4 Å². The molecule has 1 aromatic carbocycles. The van der Waals surface area contributed by atoms with E-state index in [2.05, 4.69) is 10.3 Å². The van der Waals surface area contributed by atoms with Crippen molar-refractivity contribution in [1.82, 2.24) is 15.2 Å². The van der Waals surface area contributed by atoms with E-state index in [9.17, 15) is 9.59 Å². The molecule has 1 aliphatic heterocycles. The van der Waals surface area contributed by atoms with Crippen molar-refractivity contribution in [3.05, 3.63) is 59.9 Å². The summed E-state index contributed by atoms with van der Waals surface area (Å²) in [5, 5.41) is 3.08. The third kappa shape index (κ3) is 4.81. The number of likely N-dealkylation sites (tertiary alicyclic amines) is 1. The summed E-state index contributed by atoms with van der Waals surface area (Å²) < 4.78 is 5.79. The number of rotatable bonds is 7. The van der Waals surface area contributed by atoms with Crippen LogP contribution in [0.25, 0.3) is 0 Å². The molecular formula is C24H29N3O3. The lowest BCUT2D eigenvalue weighted by Crippen LogP contribution is -2.37. The molecule has 0 radical (unpaired) electrons. The second kappa shape index (κ2) is 9.28. The highest BCUT2D eigenvalue weighted by atomic mass is 16.5. The van der Waals surface area contributed by atoms with Gasteiger partial charge >= 0.3 is 0 Å². The fraction of sp³-hybridized carbons (Fsp3) is 0.458. The maximum Gasteiger partial charge on any atom is 0.225 e. The van der Waals surface area contributed by atoms with Crippen molar-refractivity contribution in [1.29, 1.82) is 0 Å². The number of carbonyl (C=O) groups excluding carboxylic acids is 2. The first-order chi connectivity index (χ1) is 14.6. The van der Waals surface area contributed by atoms with E-state index in [1.165, 1.54) is 12.8 Å². The van der Waals surface area contributed by atoms with Gasteiger partial charge in [-0.15, -0.1) is 0 Å². The summed E-state index contributed by atoms with van der Waals surface area (Å²) in [6.07, 6.45) is 8.37. The third-order valence-corrected chi connectivity index (χ3v) is 6.16. The van der Waals surface area contributed by atoms with Crippen molar-refractivity contribution >= 4 is 11.8 Å². The van der Waals surface area contributed by atoms with Gasteiger partial charge in [-0.3, -0.25) is 14.6 Å². The Labute approximate surface area is 177 Å². The quantitative estimate of drug-likeness (QED) is 0.761. The Kier molecular flexibility index (Phi) is 6.31. The van der Waals surface area contributed by atoms with Crippen LogP contribution >= 0.6 is 0 Å². The molecular weight excluding hydrogens is 378 g/mol. The van der Waals surface area contributed by atoms with Crippen molar-refractivity contribution in [2.75, 3.05) is 6.54 Å². The van der Waals surface area contributed by atoms with Crippen molar-refractivity contribution in [3.63, 3.8) is 0 Å². The first kappa shape index (κ1) is 20.4. The number of aromatic nitrogens is 1. The Morgan fingerprint density at radius 1 is 1.23 bits per heavy atom. The van der Waals surface area contributed by atoms with Gasteiger partial charge < -0.3 is 15.0 Å². The van der Waals surface area contributed by atoms with Gasteiger partial charge in [-0.05, 0) is 43.5 Å². The first-order valence-electron chi connectivity index (χ1n) is 10.8. The summed E-state index contributed by atoms with van der Waals surface area (Å²) in [6, 6.07) is 11.8. The molecule has 6 nitrogen and oxygen atoms in total. The molecule has 2 amide bonds. The van der Waals surface area contributed by atoms with Crippen molar-refractivity contribution < 1.29 is 14.3 Å². The summed E-state index contributed by atoms with van der Waals surface area (Å²) in [4.78, 5) is 31.1. The van der Waals surface area contributed by atoms with E-state index in [0.717, 1.165) is 29.7 Å². The Balaban J connectivity index is 1.28. The third-order valence-electron chi connectivity index (χ3n) is 6.16. The molecule has 2 unspecified atom stereocenters. The number of amides is 2. The number of nitrogens with zero attached hydrogens (tertiary/aromatic N) is 2. The normalized spacial score (nSPS) is 20.4. The number of nitrogens with one attached hydrogen (secondary N) is 1. The first-order valence-corrected chi connectivity index (χ1v) is 10.8. The average Bonchev–Trinajstić information content (AvgIpc) is 3.43. The summed E-state index contributed by atoms with van der Waals surface area (Å²) in [6.45, 7) is 2.99. The fourth-order valence-corrected chi connectivity index (χ4v) is 4.39. The Bertz CT molecular complexity index is 863. The van der Waals surface area contributed by atoms with E-state index in [0.29, 0.717) is 25.6 Å². The van der Waals surface area contributed by atoms with E-state index in [1.54, 1.807) is 12.4 Å². The molecule has 1 saturated carbocycles. The van der Waals surface area contributed by atoms with Crippen molar-refractivity contribution in [2.24, 2.45) is 5.92 Å². The highest BCUT2D eigenvalue weighted by molar-refractivity contribution is 5.89. The van der Waals surface area contributed by atoms with Crippen molar-refractivity contribution in [3.8, 4) is 5.75 Å². The fourth-order valence-electron chi connectivity index (χ4n) is 4.39. The zero-order valence-electron chi connectivity index (χ0n) is 17.4. The highest BCUT2D eigenvalue weighted by Gasteiger charge is 2.38. The van der Waals surface area contributed by atoms with Gasteiger partial charge in [-0.1, -0.05) is 31.0 Å². The van der Waals surface area contributed by atoms with Gasteiger partial charge in [-0.25, -0.2) is 0 Å². The minimum absolute atomic E-state index is 0.0340. The van der Waals surface area contributed by atoms with Crippen LogP contribution in [-0.2, 0) is 16.2 Å². The standard InChI is InChI=1S/C24H29N3O3/c1-17(19-8-10-22(11-9-19)30-16-18-5-4-12-25-14-18)26-24(29)20-13-23(28)27(15-20)21-6-2-3-7-21/h4-5,8-12,14,17,20-21H,2-3,6-7,13,15-16H2,1H3,(H,26,29). The second-order valence-corrected chi connectivity index (χ2v) is 8.33. The maximum absolute atomic E-state index is 12.7. The van der Waals surface area contributed by atoms with Gasteiger partial charge in [0.2, 0.25) is 11.8 Å². The summed E-state index contributed by atoms with van der Waals surface area (Å²) in [5.41, 5.74) is 2.02. The summed E-state index contributed by atoms with van der Waals surface area (Å²) in [7, 11) is 0. The van der Waals surface area contributed by atoms with E-state index in [4.69, 9.17) is 4.74 Å². The average molecular weight is 408 g/mol. The van der Waals surface area contributed by atoms with Crippen LogP contribution in [-0.4, -0.2) is 34.3 Å². The van der Waals surface area contributed by atoms with Gasteiger partial charge in [-0.2, -0.15) is 0 Å². The largest absolute Gasteiger partial charge is 0.489 e. The summed E-state index contributed by atoms with van der Waals surface area (Å²) in [5.74, 6) is 0.621. The van der Waals surface area contributed by atoms with Crippen LogP contribution in [0.5, 0.6) is 5.75 Å². The van der Waals surface area contributed by atoms with Gasteiger partial charge in [0.25, 0.3) is 0 Å². The molecule has 1 aromatic heterocycles. The number of pyridine rings is 1. The van der Waals surface area contributed by atoms with Crippen LogP contribution < -0.4 is 10.1 Å². The van der Waals surface area contributed by atoms with E-state index < -0.39 is 0 Å². The molecule has 2 heterocycles. The van der Waals surface area contributed by atoms with Crippen LogP contribution in [0.2, 0.25) is 0 Å². The number of hydrogen-bond donors (Lipinski definition) is 1. The molecule has 158 valence electrons. The Hall–Kier alpha value is -2.89. The monoisotopic (exact) mass is 407 g/mol. The Morgan fingerprint density at radius 3 is 2.70 bits per heavy atom. The number of hydrogen-bond acceptors (Lipinski definition) is 4. The predicted molar refractivity (Wildman–Crippen MR) is 114 cm³/mol. The molecule has 0 bridgehead atoms. The molecule has 0 spiro atoms. The van der Waals surface area contributed by atoms with Crippen molar-refractivity contribution in [2.45, 2.75) is 57.7 Å². The number of benzene rings is 1. The SMILES string of the molecule is CC(NC(=O)C1CC(=O)N(C2CCCC2)C1)c1ccc(OCc2cccnc2)cc1. The minimum Gasteiger partial charge on any atom is -0.489 e. The maximum atomic E-state index is 12.7. The van der Waals surface area contributed by atoms with E-state index in [-0.39, 0.29) is 23.8 Å². The van der Waals surface area contributed by atoms with Crippen LogP contribution in [0, 0.1) is 5.92 Å². The van der Waals surface area contributed by atoms with Crippen LogP contribution in [0.15, 0.2) is 48.8 Å². The molecule has 2 aliphatic rings.